The molecule has 4 nitrogen and oxygen atoms in total. The zero-order chi connectivity index (χ0) is 20.3. The summed E-state index contributed by atoms with van der Waals surface area (Å²) in [6.45, 7) is 0. The first-order valence-electron chi connectivity index (χ1n) is 7.87. The molecule has 0 aliphatic heterocycles. The number of hydrogen-bond acceptors (Lipinski definition) is 3. The van der Waals surface area contributed by atoms with E-state index in [4.69, 9.17) is 11.6 Å². The van der Waals surface area contributed by atoms with Gasteiger partial charge in [0.25, 0.3) is 11.8 Å². The summed E-state index contributed by atoms with van der Waals surface area (Å²) in [6, 6.07) is 11.8. The Labute approximate surface area is 167 Å². The Hall–Kier alpha value is -2.84. The van der Waals surface area contributed by atoms with Crippen LogP contribution in [0.4, 0.5) is 24.5 Å². The molecule has 9 heteroatoms. The summed E-state index contributed by atoms with van der Waals surface area (Å²) in [5, 5.41) is 7.14. The minimum Gasteiger partial charge on any atom is -0.322 e. The van der Waals surface area contributed by atoms with Gasteiger partial charge in [-0.1, -0.05) is 17.7 Å². The standard InChI is InChI=1S/C19H12ClF3N2O2S/c20-14-8-3-11(10-15(14)25-18(27)16-2-1-9-28-16)17(26)24-13-6-4-12(5-7-13)19(21,22)23/h1-10H,(H,24,26)(H,25,27). The normalized spacial score (nSPS) is 11.1. The first-order valence-corrected chi connectivity index (χ1v) is 9.13. The first kappa shape index (κ1) is 19.9. The molecule has 3 aromatic rings. The monoisotopic (exact) mass is 424 g/mol. The molecule has 0 atom stereocenters. The molecule has 3 rings (SSSR count). The fourth-order valence-electron chi connectivity index (χ4n) is 2.30. The van der Waals surface area contributed by atoms with Crippen LogP contribution in [0.15, 0.2) is 60.0 Å². The number of carbonyl (C=O) groups is 2. The number of anilines is 2. The molecule has 0 radical (unpaired) electrons. The summed E-state index contributed by atoms with van der Waals surface area (Å²) < 4.78 is 37.8. The molecule has 0 spiro atoms. The van der Waals surface area contributed by atoms with E-state index >= 15 is 0 Å². The molecule has 2 aromatic carbocycles. The van der Waals surface area contributed by atoms with Crippen LogP contribution in [0.3, 0.4) is 0 Å². The van der Waals surface area contributed by atoms with E-state index in [1.54, 1.807) is 17.5 Å². The molecule has 0 saturated carbocycles. The smallest absolute Gasteiger partial charge is 0.322 e. The molecule has 28 heavy (non-hydrogen) atoms. The predicted octanol–water partition coefficient (Wildman–Crippen LogP) is 5.92. The number of alkyl halides is 3. The highest BCUT2D eigenvalue weighted by atomic mass is 35.5. The van der Waals surface area contributed by atoms with Gasteiger partial charge in [0.1, 0.15) is 0 Å². The molecule has 1 aromatic heterocycles. The van der Waals surface area contributed by atoms with E-state index in [2.05, 4.69) is 10.6 Å². The maximum Gasteiger partial charge on any atom is 0.416 e. The minimum absolute atomic E-state index is 0.186. The Balaban J connectivity index is 1.74. The molecule has 144 valence electrons. The molecular formula is C19H12ClF3N2O2S. The van der Waals surface area contributed by atoms with E-state index < -0.39 is 17.6 Å². The zero-order valence-electron chi connectivity index (χ0n) is 14.0. The third-order valence-corrected chi connectivity index (χ3v) is 4.89. The Kier molecular flexibility index (Phi) is 5.71. The number of rotatable bonds is 4. The van der Waals surface area contributed by atoms with E-state index in [0.29, 0.717) is 4.88 Å². The van der Waals surface area contributed by atoms with Crippen molar-refractivity contribution in [3.8, 4) is 0 Å². The summed E-state index contributed by atoms with van der Waals surface area (Å²) >= 11 is 7.33. The third-order valence-electron chi connectivity index (χ3n) is 3.69. The van der Waals surface area contributed by atoms with Crippen molar-refractivity contribution in [3.63, 3.8) is 0 Å². The van der Waals surface area contributed by atoms with Gasteiger partial charge in [-0.15, -0.1) is 11.3 Å². The molecule has 0 unspecified atom stereocenters. The lowest BCUT2D eigenvalue weighted by molar-refractivity contribution is -0.137. The van der Waals surface area contributed by atoms with Crippen molar-refractivity contribution in [2.45, 2.75) is 6.18 Å². The second kappa shape index (κ2) is 8.04. The van der Waals surface area contributed by atoms with Gasteiger partial charge in [-0.2, -0.15) is 13.2 Å². The largest absolute Gasteiger partial charge is 0.416 e. The van der Waals surface area contributed by atoms with Crippen LogP contribution in [0.25, 0.3) is 0 Å². The Morgan fingerprint density at radius 1 is 0.929 bits per heavy atom. The van der Waals surface area contributed by atoms with Gasteiger partial charge in [-0.3, -0.25) is 9.59 Å². The van der Waals surface area contributed by atoms with E-state index in [-0.39, 0.29) is 27.9 Å². The van der Waals surface area contributed by atoms with Gasteiger partial charge < -0.3 is 10.6 Å². The minimum atomic E-state index is -4.45. The zero-order valence-corrected chi connectivity index (χ0v) is 15.6. The summed E-state index contributed by atoms with van der Waals surface area (Å²) in [6.07, 6.45) is -4.45. The number of amides is 2. The van der Waals surface area contributed by atoms with E-state index in [1.165, 1.54) is 29.5 Å². The van der Waals surface area contributed by atoms with Crippen molar-refractivity contribution in [2.24, 2.45) is 0 Å². The van der Waals surface area contributed by atoms with E-state index in [9.17, 15) is 22.8 Å². The average molecular weight is 425 g/mol. The highest BCUT2D eigenvalue weighted by Crippen LogP contribution is 2.30. The van der Waals surface area contributed by atoms with E-state index in [1.807, 2.05) is 0 Å². The number of nitrogens with one attached hydrogen (secondary N) is 2. The SMILES string of the molecule is O=C(Nc1ccc(C(F)(F)F)cc1)c1ccc(Cl)c(NC(=O)c2cccs2)c1. The summed E-state index contributed by atoms with van der Waals surface area (Å²) in [5.74, 6) is -0.916. The predicted molar refractivity (Wildman–Crippen MR) is 103 cm³/mol. The van der Waals surface area contributed by atoms with Crippen LogP contribution in [-0.2, 0) is 6.18 Å². The summed E-state index contributed by atoms with van der Waals surface area (Å²) in [4.78, 5) is 25.0. The Morgan fingerprint density at radius 3 is 2.25 bits per heavy atom. The molecule has 0 saturated heterocycles. The van der Waals surface area contributed by atoms with Crippen molar-refractivity contribution in [1.29, 1.82) is 0 Å². The molecule has 0 fully saturated rings. The molecule has 2 amide bonds. The lowest BCUT2D eigenvalue weighted by Gasteiger charge is -2.11. The lowest BCUT2D eigenvalue weighted by atomic mass is 10.1. The first-order chi connectivity index (χ1) is 13.2. The second-order valence-electron chi connectivity index (χ2n) is 5.66. The van der Waals surface area contributed by atoms with Gasteiger partial charge in [-0.05, 0) is 53.9 Å². The number of thiophene rings is 1. The topological polar surface area (TPSA) is 58.2 Å². The van der Waals surface area contributed by atoms with Crippen molar-refractivity contribution in [2.75, 3.05) is 10.6 Å². The Bertz CT molecular complexity index is 1000. The highest BCUT2D eigenvalue weighted by molar-refractivity contribution is 7.12. The van der Waals surface area contributed by atoms with Crippen LogP contribution in [0.2, 0.25) is 5.02 Å². The molecule has 0 aliphatic rings. The average Bonchev–Trinajstić information content (AvgIpc) is 3.18. The summed E-state index contributed by atoms with van der Waals surface area (Å²) in [7, 11) is 0. The van der Waals surface area contributed by atoms with E-state index in [0.717, 1.165) is 24.3 Å². The number of benzene rings is 2. The maximum atomic E-state index is 12.6. The lowest BCUT2D eigenvalue weighted by Crippen LogP contribution is -2.14. The number of hydrogen-bond donors (Lipinski definition) is 2. The van der Waals surface area contributed by atoms with Crippen LogP contribution < -0.4 is 10.6 Å². The molecule has 2 N–H and O–H groups in total. The van der Waals surface area contributed by atoms with Crippen LogP contribution in [0.5, 0.6) is 0 Å². The van der Waals surface area contributed by atoms with Crippen molar-refractivity contribution >= 4 is 46.1 Å². The molecule has 0 aliphatic carbocycles. The summed E-state index contributed by atoms with van der Waals surface area (Å²) in [5.41, 5.74) is -0.168. The third kappa shape index (κ3) is 4.71. The van der Waals surface area contributed by atoms with Gasteiger partial charge in [0.15, 0.2) is 0 Å². The number of carbonyl (C=O) groups excluding carboxylic acids is 2. The van der Waals surface area contributed by atoms with Gasteiger partial charge in [0.2, 0.25) is 0 Å². The van der Waals surface area contributed by atoms with Gasteiger partial charge in [0, 0.05) is 11.3 Å². The van der Waals surface area contributed by atoms with Gasteiger partial charge >= 0.3 is 6.18 Å². The maximum absolute atomic E-state index is 12.6. The van der Waals surface area contributed by atoms with Crippen molar-refractivity contribution in [3.05, 3.63) is 81.0 Å². The molecule has 1 heterocycles. The van der Waals surface area contributed by atoms with Crippen molar-refractivity contribution < 1.29 is 22.8 Å². The van der Waals surface area contributed by atoms with Crippen LogP contribution in [-0.4, -0.2) is 11.8 Å². The van der Waals surface area contributed by atoms with Gasteiger partial charge in [-0.25, -0.2) is 0 Å². The van der Waals surface area contributed by atoms with Crippen LogP contribution in [0.1, 0.15) is 25.6 Å². The highest BCUT2D eigenvalue weighted by Gasteiger charge is 2.30. The van der Waals surface area contributed by atoms with Crippen molar-refractivity contribution in [1.82, 2.24) is 0 Å². The number of halogens is 4. The fourth-order valence-corrected chi connectivity index (χ4v) is 3.08. The fraction of sp³-hybridized carbons (Fsp3) is 0.0526. The quantitative estimate of drug-likeness (QED) is 0.545. The second-order valence-corrected chi connectivity index (χ2v) is 7.01. The van der Waals surface area contributed by atoms with Gasteiger partial charge in [0.05, 0.1) is 21.2 Å². The van der Waals surface area contributed by atoms with Crippen LogP contribution >= 0.6 is 22.9 Å². The Morgan fingerprint density at radius 2 is 1.64 bits per heavy atom. The molecular weight excluding hydrogens is 413 g/mol. The molecule has 0 bridgehead atoms. The van der Waals surface area contributed by atoms with Crippen LogP contribution in [0, 0.1) is 0 Å².